The molecule has 1 aliphatic heterocycles. The van der Waals surface area contributed by atoms with Crippen molar-refractivity contribution in [3.63, 3.8) is 0 Å². The molecule has 1 amide bonds. The van der Waals surface area contributed by atoms with Gasteiger partial charge in [-0.25, -0.2) is 0 Å². The molecule has 0 spiro atoms. The van der Waals surface area contributed by atoms with Crippen molar-refractivity contribution in [3.05, 3.63) is 82.0 Å². The van der Waals surface area contributed by atoms with Crippen molar-refractivity contribution in [2.45, 2.75) is 26.6 Å². The van der Waals surface area contributed by atoms with Crippen LogP contribution in [0.15, 0.2) is 54.6 Å². The topological polar surface area (TPSA) is 47.4 Å². The molecule has 0 atom stereocenters. The first-order valence-corrected chi connectivity index (χ1v) is 9.27. The highest BCUT2D eigenvalue weighted by atomic mass is 35.5. The van der Waals surface area contributed by atoms with E-state index in [0.717, 1.165) is 21.7 Å². The molecule has 6 heteroatoms. The Morgan fingerprint density at radius 1 is 1.11 bits per heavy atom. The fraction of sp³-hybridized carbons (Fsp3) is 0.238. The van der Waals surface area contributed by atoms with Gasteiger partial charge in [0, 0.05) is 24.2 Å². The van der Waals surface area contributed by atoms with Gasteiger partial charge in [-0.2, -0.15) is 0 Å². The third-order valence-corrected chi connectivity index (χ3v) is 5.25. The van der Waals surface area contributed by atoms with Crippen molar-refractivity contribution in [2.75, 3.05) is 6.54 Å². The average Bonchev–Trinajstić information content (AvgIpc) is 3.11. The Morgan fingerprint density at radius 2 is 1.93 bits per heavy atom. The minimum absolute atomic E-state index is 0.0547. The lowest BCUT2D eigenvalue weighted by atomic mass is 10.1. The van der Waals surface area contributed by atoms with Gasteiger partial charge in [0.05, 0.1) is 6.54 Å². The second-order valence-corrected chi connectivity index (χ2v) is 7.02. The summed E-state index contributed by atoms with van der Waals surface area (Å²) in [5.41, 5.74) is 3.58. The highest BCUT2D eigenvalue weighted by Gasteiger charge is 2.27. The van der Waals surface area contributed by atoms with Crippen LogP contribution in [0.2, 0.25) is 5.02 Å². The number of ether oxygens (including phenoxy) is 1. The van der Waals surface area contributed by atoms with Crippen LogP contribution in [0.25, 0.3) is 0 Å². The van der Waals surface area contributed by atoms with Crippen LogP contribution in [0.3, 0.4) is 0 Å². The predicted octanol–water partition coefficient (Wildman–Crippen LogP) is 4.08. The summed E-state index contributed by atoms with van der Waals surface area (Å²) >= 11 is 6.39. The SMILES string of the molecule is Cc1cccc(CN2CCn3nc(OCc4ccccc4)cc3C2=O)c1Cl. The smallest absolute Gasteiger partial charge is 0.272 e. The molecule has 2 aromatic carbocycles. The summed E-state index contributed by atoms with van der Waals surface area (Å²) in [6.07, 6.45) is 0. The summed E-state index contributed by atoms with van der Waals surface area (Å²) in [5, 5.41) is 5.13. The largest absolute Gasteiger partial charge is 0.472 e. The van der Waals surface area contributed by atoms with Gasteiger partial charge in [0.25, 0.3) is 5.91 Å². The van der Waals surface area contributed by atoms with Crippen LogP contribution in [0.5, 0.6) is 5.88 Å². The number of fused-ring (bicyclic) bond motifs is 1. The Kier molecular flexibility index (Phi) is 4.86. The van der Waals surface area contributed by atoms with Crippen LogP contribution >= 0.6 is 11.6 Å². The molecule has 1 aromatic heterocycles. The first-order chi connectivity index (χ1) is 13.1. The lowest BCUT2D eigenvalue weighted by Crippen LogP contribution is -2.39. The number of hydrogen-bond donors (Lipinski definition) is 0. The summed E-state index contributed by atoms with van der Waals surface area (Å²) in [7, 11) is 0. The lowest BCUT2D eigenvalue weighted by Gasteiger charge is -2.27. The van der Waals surface area contributed by atoms with Crippen molar-refractivity contribution < 1.29 is 9.53 Å². The predicted molar refractivity (Wildman–Crippen MR) is 104 cm³/mol. The van der Waals surface area contributed by atoms with Crippen LogP contribution < -0.4 is 4.74 Å². The van der Waals surface area contributed by atoms with E-state index >= 15 is 0 Å². The van der Waals surface area contributed by atoms with Crippen molar-refractivity contribution in [1.82, 2.24) is 14.7 Å². The molecule has 0 fully saturated rings. The van der Waals surface area contributed by atoms with Crippen LogP contribution in [-0.4, -0.2) is 27.1 Å². The lowest BCUT2D eigenvalue weighted by molar-refractivity contribution is 0.0683. The Balaban J connectivity index is 1.47. The van der Waals surface area contributed by atoms with Gasteiger partial charge in [0.2, 0.25) is 5.88 Å². The third kappa shape index (κ3) is 3.69. The zero-order chi connectivity index (χ0) is 18.8. The summed E-state index contributed by atoms with van der Waals surface area (Å²) < 4.78 is 7.48. The molecule has 0 radical (unpaired) electrons. The highest BCUT2D eigenvalue weighted by Crippen LogP contribution is 2.25. The molecule has 2 heterocycles. The number of nitrogens with zero attached hydrogens (tertiary/aromatic N) is 3. The second-order valence-electron chi connectivity index (χ2n) is 6.64. The van der Waals surface area contributed by atoms with E-state index in [2.05, 4.69) is 5.10 Å². The third-order valence-electron chi connectivity index (χ3n) is 4.71. The zero-order valence-electron chi connectivity index (χ0n) is 15.1. The van der Waals surface area contributed by atoms with Crippen LogP contribution in [0.1, 0.15) is 27.2 Å². The zero-order valence-corrected chi connectivity index (χ0v) is 15.8. The molecule has 0 bridgehead atoms. The second kappa shape index (κ2) is 7.45. The maximum atomic E-state index is 12.9. The number of rotatable bonds is 5. The number of aromatic nitrogens is 2. The standard InChI is InChI=1S/C21H20ClN3O2/c1-15-6-5-9-17(20(15)22)13-24-10-11-25-18(21(24)26)12-19(23-25)27-14-16-7-3-2-4-8-16/h2-9,12H,10-11,13-14H2,1H3. The van der Waals surface area contributed by atoms with Gasteiger partial charge in [-0.1, -0.05) is 60.1 Å². The molecular formula is C21H20ClN3O2. The number of carbonyl (C=O) groups is 1. The van der Waals surface area contributed by atoms with Crippen LogP contribution in [0.4, 0.5) is 0 Å². The van der Waals surface area contributed by atoms with Gasteiger partial charge in [-0.3, -0.25) is 9.48 Å². The quantitative estimate of drug-likeness (QED) is 0.669. The van der Waals surface area contributed by atoms with Crippen molar-refractivity contribution in [3.8, 4) is 5.88 Å². The molecule has 0 N–H and O–H groups in total. The number of aryl methyl sites for hydroxylation is 1. The maximum absolute atomic E-state index is 12.9. The number of halogens is 1. The van der Waals surface area contributed by atoms with Crippen molar-refractivity contribution in [2.24, 2.45) is 0 Å². The summed E-state index contributed by atoms with van der Waals surface area (Å²) in [6.45, 7) is 4.11. The Bertz CT molecular complexity index is 969. The number of amides is 1. The summed E-state index contributed by atoms with van der Waals surface area (Å²) in [6, 6.07) is 17.5. The molecule has 0 saturated carbocycles. The average molecular weight is 382 g/mol. The number of carbonyl (C=O) groups excluding carboxylic acids is 1. The van der Waals surface area contributed by atoms with E-state index in [4.69, 9.17) is 16.3 Å². The van der Waals surface area contributed by atoms with E-state index in [1.165, 1.54) is 0 Å². The number of benzene rings is 2. The normalized spacial score (nSPS) is 13.6. The molecule has 0 unspecified atom stereocenters. The van der Waals surface area contributed by atoms with Gasteiger partial charge < -0.3 is 9.64 Å². The monoisotopic (exact) mass is 381 g/mol. The van der Waals surface area contributed by atoms with E-state index in [1.54, 1.807) is 15.6 Å². The van der Waals surface area contributed by atoms with Crippen molar-refractivity contribution >= 4 is 17.5 Å². The first kappa shape index (κ1) is 17.6. The molecule has 138 valence electrons. The number of hydrogen-bond acceptors (Lipinski definition) is 3. The molecule has 3 aromatic rings. The maximum Gasteiger partial charge on any atom is 0.272 e. The molecule has 0 saturated heterocycles. The fourth-order valence-corrected chi connectivity index (χ4v) is 3.39. The van der Waals surface area contributed by atoms with E-state index in [9.17, 15) is 4.79 Å². The van der Waals surface area contributed by atoms with Gasteiger partial charge in [-0.05, 0) is 23.6 Å². The summed E-state index contributed by atoms with van der Waals surface area (Å²) in [5.74, 6) is 0.415. The Hall–Kier alpha value is -2.79. The van der Waals surface area contributed by atoms with Crippen molar-refractivity contribution in [1.29, 1.82) is 0 Å². The molecular weight excluding hydrogens is 362 g/mol. The van der Waals surface area contributed by atoms with Gasteiger partial charge >= 0.3 is 0 Å². The van der Waals surface area contributed by atoms with Crippen LogP contribution in [-0.2, 0) is 19.7 Å². The molecule has 5 nitrogen and oxygen atoms in total. The molecule has 27 heavy (non-hydrogen) atoms. The van der Waals surface area contributed by atoms with Gasteiger partial charge in [-0.15, -0.1) is 5.10 Å². The van der Waals surface area contributed by atoms with Crippen LogP contribution in [0, 0.1) is 6.92 Å². The molecule has 0 aliphatic carbocycles. The van der Waals surface area contributed by atoms with Gasteiger partial charge in [0.15, 0.2) is 0 Å². The Labute approximate surface area is 163 Å². The highest BCUT2D eigenvalue weighted by molar-refractivity contribution is 6.32. The van der Waals surface area contributed by atoms with E-state index in [1.807, 2.05) is 55.5 Å². The summed E-state index contributed by atoms with van der Waals surface area (Å²) in [4.78, 5) is 14.7. The molecule has 4 rings (SSSR count). The van der Waals surface area contributed by atoms with E-state index < -0.39 is 0 Å². The fourth-order valence-electron chi connectivity index (χ4n) is 3.20. The molecule has 1 aliphatic rings. The minimum atomic E-state index is -0.0547. The van der Waals surface area contributed by atoms with E-state index in [-0.39, 0.29) is 5.91 Å². The first-order valence-electron chi connectivity index (χ1n) is 8.89. The Morgan fingerprint density at radius 3 is 2.74 bits per heavy atom. The van der Waals surface area contributed by atoms with E-state index in [0.29, 0.717) is 37.8 Å². The van der Waals surface area contributed by atoms with Gasteiger partial charge in [0.1, 0.15) is 12.3 Å². The minimum Gasteiger partial charge on any atom is -0.472 e.